The van der Waals surface area contributed by atoms with Crippen LogP contribution in [0.2, 0.25) is 0 Å². The first kappa shape index (κ1) is 21.9. The molecule has 28 heavy (non-hydrogen) atoms. The van der Waals surface area contributed by atoms with Crippen LogP contribution in [0.15, 0.2) is 39.9 Å². The number of methoxy groups -OCH3 is 1. The lowest BCUT2D eigenvalue weighted by Crippen LogP contribution is -2.30. The molecule has 0 radical (unpaired) electrons. The van der Waals surface area contributed by atoms with Crippen molar-refractivity contribution in [3.63, 3.8) is 0 Å². The highest BCUT2D eigenvalue weighted by atomic mass is 32.2. The smallest absolute Gasteiger partial charge is 0.338 e. The van der Waals surface area contributed by atoms with E-state index in [0.717, 1.165) is 9.87 Å². The maximum atomic E-state index is 12.4. The number of hydrogen-bond donors (Lipinski definition) is 0. The Morgan fingerprint density at radius 2 is 1.86 bits per heavy atom. The predicted octanol–water partition coefficient (Wildman–Crippen LogP) is 1.82. The van der Waals surface area contributed by atoms with Gasteiger partial charge in [-0.25, -0.2) is 17.5 Å². The minimum absolute atomic E-state index is 0.00881. The fraction of sp³-hybridized carbons (Fsp3) is 0.333. The van der Waals surface area contributed by atoms with Crippen molar-refractivity contribution in [3.05, 3.63) is 46.2 Å². The van der Waals surface area contributed by atoms with Crippen LogP contribution in [0.5, 0.6) is 5.75 Å². The van der Waals surface area contributed by atoms with Crippen LogP contribution in [0.3, 0.4) is 0 Å². The van der Waals surface area contributed by atoms with Gasteiger partial charge in [-0.15, -0.1) is 0 Å². The monoisotopic (exact) mass is 426 g/mol. The Kier molecular flexibility index (Phi) is 7.17. The van der Waals surface area contributed by atoms with Crippen LogP contribution in [-0.4, -0.2) is 64.4 Å². The van der Waals surface area contributed by atoms with Crippen molar-refractivity contribution in [3.8, 4) is 5.75 Å². The van der Waals surface area contributed by atoms with E-state index in [0.29, 0.717) is 6.54 Å². The van der Waals surface area contributed by atoms with E-state index in [9.17, 15) is 18.0 Å². The second-order valence-electron chi connectivity index (χ2n) is 6.11. The number of carbonyl (C=O) groups is 2. The topological polar surface area (TPSA) is 93.2 Å². The summed E-state index contributed by atoms with van der Waals surface area (Å²) in [5.41, 5.74) is 0.996. The molecular weight excluding hydrogens is 404 g/mol. The Bertz CT molecular complexity index is 939. The summed E-state index contributed by atoms with van der Waals surface area (Å²) in [7, 11) is 1.88. The predicted molar refractivity (Wildman–Crippen MR) is 105 cm³/mol. The van der Waals surface area contributed by atoms with Crippen LogP contribution in [0.1, 0.15) is 15.9 Å². The summed E-state index contributed by atoms with van der Waals surface area (Å²) in [6, 6.07) is 5.84. The number of ether oxygens (including phenoxy) is 2. The number of rotatable bonds is 8. The number of amides is 1. The molecule has 0 saturated carbocycles. The highest BCUT2D eigenvalue weighted by Crippen LogP contribution is 2.27. The van der Waals surface area contributed by atoms with Crippen LogP contribution in [0, 0.1) is 0 Å². The van der Waals surface area contributed by atoms with E-state index in [4.69, 9.17) is 9.47 Å². The molecule has 152 valence electrons. The molecule has 1 aromatic heterocycles. The molecule has 0 bridgehead atoms. The van der Waals surface area contributed by atoms with Gasteiger partial charge in [0.1, 0.15) is 10.6 Å². The Hall–Kier alpha value is -2.43. The first-order valence-corrected chi connectivity index (χ1v) is 10.6. The lowest BCUT2D eigenvalue weighted by atomic mass is 10.2. The SMILES string of the molecule is COc1ccc(C(=O)OCC(=O)N(C)Cc2ccsc2)cc1S(=O)(=O)N(C)C. The maximum absolute atomic E-state index is 12.4. The van der Waals surface area contributed by atoms with E-state index in [1.54, 1.807) is 7.05 Å². The zero-order valence-corrected chi connectivity index (χ0v) is 17.7. The number of sulfonamides is 1. The highest BCUT2D eigenvalue weighted by Gasteiger charge is 2.24. The number of likely N-dealkylation sites (N-methyl/N-ethyl adjacent to an activating group) is 1. The molecule has 1 amide bonds. The third kappa shape index (κ3) is 5.09. The van der Waals surface area contributed by atoms with Gasteiger partial charge in [0.2, 0.25) is 10.0 Å². The van der Waals surface area contributed by atoms with Crippen LogP contribution < -0.4 is 4.74 Å². The third-order valence-electron chi connectivity index (χ3n) is 3.91. The second-order valence-corrected chi connectivity index (χ2v) is 9.01. The molecule has 0 aliphatic heterocycles. The molecule has 0 spiro atoms. The van der Waals surface area contributed by atoms with Gasteiger partial charge in [0, 0.05) is 27.7 Å². The molecule has 10 heteroatoms. The van der Waals surface area contributed by atoms with Crippen LogP contribution in [0.25, 0.3) is 0 Å². The largest absolute Gasteiger partial charge is 0.495 e. The van der Waals surface area contributed by atoms with Gasteiger partial charge in [-0.05, 0) is 40.6 Å². The summed E-state index contributed by atoms with van der Waals surface area (Å²) in [6.45, 7) is -0.0328. The van der Waals surface area contributed by atoms with Crippen molar-refractivity contribution in [1.29, 1.82) is 0 Å². The number of thiophene rings is 1. The van der Waals surface area contributed by atoms with Gasteiger partial charge in [0.25, 0.3) is 5.91 Å². The lowest BCUT2D eigenvalue weighted by molar-refractivity contribution is -0.133. The van der Waals surface area contributed by atoms with Gasteiger partial charge in [0.05, 0.1) is 12.7 Å². The van der Waals surface area contributed by atoms with Gasteiger partial charge in [-0.3, -0.25) is 4.79 Å². The number of esters is 1. The summed E-state index contributed by atoms with van der Waals surface area (Å²) in [4.78, 5) is 25.7. The number of benzene rings is 1. The zero-order valence-electron chi connectivity index (χ0n) is 16.0. The lowest BCUT2D eigenvalue weighted by Gasteiger charge is -2.17. The first-order valence-electron chi connectivity index (χ1n) is 8.19. The Morgan fingerprint density at radius 1 is 1.14 bits per heavy atom. The molecule has 2 aromatic rings. The Labute approximate surface area is 168 Å². The standard InChI is InChI=1S/C18H22N2O6S2/c1-19(2)28(23,24)16-9-14(5-6-15(16)25-4)18(22)26-11-17(21)20(3)10-13-7-8-27-12-13/h5-9,12H,10-11H2,1-4H3. The minimum Gasteiger partial charge on any atom is -0.495 e. The molecule has 8 nitrogen and oxygen atoms in total. The number of nitrogens with zero attached hydrogens (tertiary/aromatic N) is 2. The van der Waals surface area contributed by atoms with Gasteiger partial charge in [-0.1, -0.05) is 0 Å². The van der Waals surface area contributed by atoms with Crippen LogP contribution in [0.4, 0.5) is 0 Å². The molecule has 0 fully saturated rings. The van der Waals surface area contributed by atoms with E-state index in [1.807, 2.05) is 16.8 Å². The van der Waals surface area contributed by atoms with Gasteiger partial charge in [0.15, 0.2) is 6.61 Å². The average molecular weight is 427 g/mol. The molecule has 0 aliphatic carbocycles. The molecular formula is C18H22N2O6S2. The van der Waals surface area contributed by atoms with Gasteiger partial charge >= 0.3 is 5.97 Å². The second kappa shape index (κ2) is 9.18. The summed E-state index contributed by atoms with van der Waals surface area (Å²) in [5, 5.41) is 3.84. The Balaban J connectivity index is 2.09. The van der Waals surface area contributed by atoms with Crippen molar-refractivity contribution in [2.24, 2.45) is 0 Å². The summed E-state index contributed by atoms with van der Waals surface area (Å²) in [5.74, 6) is -1.05. The molecule has 1 aromatic carbocycles. The quantitative estimate of drug-likeness (QED) is 0.598. The molecule has 0 aliphatic rings. The van der Waals surface area contributed by atoms with E-state index in [-0.39, 0.29) is 22.1 Å². The maximum Gasteiger partial charge on any atom is 0.338 e. The van der Waals surface area contributed by atoms with E-state index in [1.165, 1.54) is 55.6 Å². The number of hydrogen-bond acceptors (Lipinski definition) is 7. The van der Waals surface area contributed by atoms with E-state index >= 15 is 0 Å². The van der Waals surface area contributed by atoms with Crippen molar-refractivity contribution in [2.75, 3.05) is 34.9 Å². The minimum atomic E-state index is -3.82. The molecule has 0 saturated heterocycles. The summed E-state index contributed by atoms with van der Waals surface area (Å²) >= 11 is 1.53. The highest BCUT2D eigenvalue weighted by molar-refractivity contribution is 7.89. The Morgan fingerprint density at radius 3 is 2.43 bits per heavy atom. The van der Waals surface area contributed by atoms with E-state index < -0.39 is 22.6 Å². The van der Waals surface area contributed by atoms with Crippen LogP contribution in [-0.2, 0) is 26.1 Å². The normalized spacial score (nSPS) is 11.3. The zero-order chi connectivity index (χ0) is 20.9. The van der Waals surface area contributed by atoms with Crippen molar-refractivity contribution in [1.82, 2.24) is 9.21 Å². The fourth-order valence-electron chi connectivity index (χ4n) is 2.27. The fourth-order valence-corrected chi connectivity index (χ4v) is 4.00. The first-order chi connectivity index (χ1) is 13.2. The van der Waals surface area contributed by atoms with Crippen molar-refractivity contribution >= 4 is 33.2 Å². The third-order valence-corrected chi connectivity index (χ3v) is 6.48. The van der Waals surface area contributed by atoms with Crippen molar-refractivity contribution < 1.29 is 27.5 Å². The van der Waals surface area contributed by atoms with Gasteiger partial charge < -0.3 is 14.4 Å². The summed E-state index contributed by atoms with van der Waals surface area (Å²) < 4.78 is 36.0. The molecule has 0 N–H and O–H groups in total. The molecule has 2 rings (SSSR count). The molecule has 1 heterocycles. The van der Waals surface area contributed by atoms with Gasteiger partial charge in [-0.2, -0.15) is 11.3 Å². The number of carbonyl (C=O) groups excluding carboxylic acids is 2. The van der Waals surface area contributed by atoms with Crippen LogP contribution >= 0.6 is 11.3 Å². The summed E-state index contributed by atoms with van der Waals surface area (Å²) in [6.07, 6.45) is 0. The average Bonchev–Trinajstić information content (AvgIpc) is 3.17. The van der Waals surface area contributed by atoms with E-state index in [2.05, 4.69) is 0 Å². The molecule has 0 unspecified atom stereocenters. The molecule has 0 atom stereocenters. The van der Waals surface area contributed by atoms with Crippen molar-refractivity contribution in [2.45, 2.75) is 11.4 Å².